The van der Waals surface area contributed by atoms with E-state index in [0.29, 0.717) is 12.0 Å². The third kappa shape index (κ3) is 5.51. The number of carboxylic acid groups (broad SMARTS) is 1. The van der Waals surface area contributed by atoms with Crippen LogP contribution in [0, 0.1) is 0 Å². The summed E-state index contributed by atoms with van der Waals surface area (Å²) < 4.78 is 0. The number of nitrogens with one attached hydrogen (secondary N) is 2. The van der Waals surface area contributed by atoms with Crippen molar-refractivity contribution in [3.63, 3.8) is 0 Å². The zero-order chi connectivity index (χ0) is 15.0. The fourth-order valence-electron chi connectivity index (χ4n) is 1.54. The van der Waals surface area contributed by atoms with Gasteiger partial charge in [0.05, 0.1) is 0 Å². The Morgan fingerprint density at radius 2 is 1.85 bits per heavy atom. The highest BCUT2D eigenvalue weighted by molar-refractivity contribution is 5.97. The van der Waals surface area contributed by atoms with E-state index in [0.717, 1.165) is 0 Å². The SMILES string of the molecule is CC(NC(=O)c1ccccc1)C(=O)NCCCC(=O)O. The maximum Gasteiger partial charge on any atom is 0.303 e. The molecule has 0 radical (unpaired) electrons. The molecule has 0 aliphatic heterocycles. The number of hydrogen-bond donors (Lipinski definition) is 3. The van der Waals surface area contributed by atoms with Crippen LogP contribution < -0.4 is 10.6 Å². The lowest BCUT2D eigenvalue weighted by atomic mass is 10.2. The number of aliphatic carboxylic acids is 1. The van der Waals surface area contributed by atoms with Crippen molar-refractivity contribution in [2.24, 2.45) is 0 Å². The highest BCUT2D eigenvalue weighted by Gasteiger charge is 2.15. The van der Waals surface area contributed by atoms with Gasteiger partial charge >= 0.3 is 5.97 Å². The monoisotopic (exact) mass is 278 g/mol. The van der Waals surface area contributed by atoms with Crippen LogP contribution in [0.4, 0.5) is 0 Å². The van der Waals surface area contributed by atoms with Gasteiger partial charge < -0.3 is 15.7 Å². The van der Waals surface area contributed by atoms with Gasteiger partial charge in [-0.25, -0.2) is 0 Å². The molecule has 0 saturated heterocycles. The largest absolute Gasteiger partial charge is 0.481 e. The molecule has 1 rings (SSSR count). The van der Waals surface area contributed by atoms with Crippen LogP contribution in [0.15, 0.2) is 30.3 Å². The molecule has 3 N–H and O–H groups in total. The average Bonchev–Trinajstić information content (AvgIpc) is 2.44. The smallest absolute Gasteiger partial charge is 0.303 e. The molecule has 0 saturated carbocycles. The first-order chi connectivity index (χ1) is 9.50. The van der Waals surface area contributed by atoms with Crippen molar-refractivity contribution in [2.75, 3.05) is 6.54 Å². The number of amides is 2. The lowest BCUT2D eigenvalue weighted by Crippen LogP contribution is -2.45. The van der Waals surface area contributed by atoms with Gasteiger partial charge in [-0.2, -0.15) is 0 Å². The summed E-state index contributed by atoms with van der Waals surface area (Å²) in [6.07, 6.45) is 0.367. The molecule has 0 aromatic heterocycles. The molecular formula is C14H18N2O4. The molecule has 1 atom stereocenters. The molecule has 0 aliphatic rings. The first-order valence-corrected chi connectivity index (χ1v) is 6.36. The molecule has 1 unspecified atom stereocenters. The van der Waals surface area contributed by atoms with E-state index in [1.54, 1.807) is 37.3 Å². The number of carboxylic acids is 1. The second-order valence-corrected chi connectivity index (χ2v) is 4.35. The Kier molecular flexibility index (Phi) is 6.22. The van der Waals surface area contributed by atoms with Crippen LogP contribution in [0.5, 0.6) is 0 Å². The van der Waals surface area contributed by atoms with Crippen LogP contribution >= 0.6 is 0 Å². The molecular weight excluding hydrogens is 260 g/mol. The number of hydrogen-bond acceptors (Lipinski definition) is 3. The zero-order valence-electron chi connectivity index (χ0n) is 11.3. The molecule has 0 bridgehead atoms. The standard InChI is InChI=1S/C14H18N2O4/c1-10(13(19)15-9-5-8-12(17)18)16-14(20)11-6-3-2-4-7-11/h2-4,6-7,10H,5,8-9H2,1H3,(H,15,19)(H,16,20)(H,17,18). The van der Waals surface area contributed by atoms with E-state index in [-0.39, 0.29) is 24.8 Å². The number of carbonyl (C=O) groups is 3. The highest BCUT2D eigenvalue weighted by atomic mass is 16.4. The molecule has 0 aliphatic carbocycles. The van der Waals surface area contributed by atoms with Crippen molar-refractivity contribution < 1.29 is 19.5 Å². The molecule has 20 heavy (non-hydrogen) atoms. The van der Waals surface area contributed by atoms with Gasteiger partial charge in [0, 0.05) is 18.5 Å². The van der Waals surface area contributed by atoms with Crippen molar-refractivity contribution in [3.8, 4) is 0 Å². The van der Waals surface area contributed by atoms with Gasteiger partial charge in [0.2, 0.25) is 5.91 Å². The van der Waals surface area contributed by atoms with Gasteiger partial charge in [-0.3, -0.25) is 14.4 Å². The van der Waals surface area contributed by atoms with Crippen molar-refractivity contribution in [2.45, 2.75) is 25.8 Å². The molecule has 1 aromatic rings. The Morgan fingerprint density at radius 1 is 1.20 bits per heavy atom. The van der Waals surface area contributed by atoms with E-state index in [1.807, 2.05) is 0 Å². The van der Waals surface area contributed by atoms with Crippen LogP contribution in [0.25, 0.3) is 0 Å². The van der Waals surface area contributed by atoms with Crippen LogP contribution in [-0.4, -0.2) is 35.5 Å². The highest BCUT2D eigenvalue weighted by Crippen LogP contribution is 1.98. The van der Waals surface area contributed by atoms with Crippen molar-refractivity contribution in [1.29, 1.82) is 0 Å². The fraction of sp³-hybridized carbons (Fsp3) is 0.357. The Bertz CT molecular complexity index is 473. The van der Waals surface area contributed by atoms with Crippen LogP contribution in [0.1, 0.15) is 30.1 Å². The Labute approximate surface area is 117 Å². The van der Waals surface area contributed by atoms with Crippen LogP contribution in [-0.2, 0) is 9.59 Å². The van der Waals surface area contributed by atoms with E-state index in [2.05, 4.69) is 10.6 Å². The molecule has 6 heteroatoms. The first-order valence-electron chi connectivity index (χ1n) is 6.36. The Balaban J connectivity index is 2.34. The second-order valence-electron chi connectivity index (χ2n) is 4.35. The van der Waals surface area contributed by atoms with Crippen LogP contribution in [0.3, 0.4) is 0 Å². The predicted octanol–water partition coefficient (Wildman–Crippen LogP) is 0.786. The van der Waals surface area contributed by atoms with Crippen molar-refractivity contribution in [1.82, 2.24) is 10.6 Å². The summed E-state index contributed by atoms with van der Waals surface area (Å²) in [5.41, 5.74) is 0.484. The van der Waals surface area contributed by atoms with E-state index in [9.17, 15) is 14.4 Å². The lowest BCUT2D eigenvalue weighted by Gasteiger charge is -2.13. The average molecular weight is 278 g/mol. The summed E-state index contributed by atoms with van der Waals surface area (Å²) in [7, 11) is 0. The van der Waals surface area contributed by atoms with E-state index < -0.39 is 12.0 Å². The second kappa shape index (κ2) is 7.93. The lowest BCUT2D eigenvalue weighted by molar-refractivity contribution is -0.137. The molecule has 0 spiro atoms. The minimum absolute atomic E-state index is 0.00500. The molecule has 1 aromatic carbocycles. The third-order valence-electron chi connectivity index (χ3n) is 2.64. The molecule has 2 amide bonds. The summed E-state index contributed by atoms with van der Waals surface area (Å²) in [6, 6.07) is 7.93. The maximum atomic E-state index is 11.8. The topological polar surface area (TPSA) is 95.5 Å². The summed E-state index contributed by atoms with van der Waals surface area (Å²) in [6.45, 7) is 1.85. The van der Waals surface area contributed by atoms with Gasteiger partial charge in [0.15, 0.2) is 0 Å². The van der Waals surface area contributed by atoms with Gasteiger partial charge in [-0.1, -0.05) is 18.2 Å². The van der Waals surface area contributed by atoms with Gasteiger partial charge in [-0.15, -0.1) is 0 Å². The minimum atomic E-state index is -0.898. The minimum Gasteiger partial charge on any atom is -0.481 e. The summed E-state index contributed by atoms with van der Waals surface area (Å²) in [5.74, 6) is -1.55. The van der Waals surface area contributed by atoms with Gasteiger partial charge in [0.25, 0.3) is 5.91 Å². The fourth-order valence-corrected chi connectivity index (χ4v) is 1.54. The summed E-state index contributed by atoms with van der Waals surface area (Å²) in [4.78, 5) is 33.8. The van der Waals surface area contributed by atoms with Gasteiger partial charge in [0.1, 0.15) is 6.04 Å². The molecule has 0 heterocycles. The molecule has 108 valence electrons. The van der Waals surface area contributed by atoms with E-state index >= 15 is 0 Å². The molecule has 6 nitrogen and oxygen atoms in total. The number of rotatable bonds is 7. The first kappa shape index (κ1) is 15.7. The molecule has 0 fully saturated rings. The Morgan fingerprint density at radius 3 is 2.45 bits per heavy atom. The maximum absolute atomic E-state index is 11.8. The summed E-state index contributed by atoms with van der Waals surface area (Å²) in [5, 5.41) is 13.6. The van der Waals surface area contributed by atoms with E-state index in [4.69, 9.17) is 5.11 Å². The normalized spacial score (nSPS) is 11.4. The van der Waals surface area contributed by atoms with Gasteiger partial charge in [-0.05, 0) is 25.5 Å². The Hall–Kier alpha value is -2.37. The third-order valence-corrected chi connectivity index (χ3v) is 2.64. The zero-order valence-corrected chi connectivity index (χ0v) is 11.3. The number of carbonyl (C=O) groups excluding carboxylic acids is 2. The van der Waals surface area contributed by atoms with Crippen molar-refractivity contribution in [3.05, 3.63) is 35.9 Å². The van der Waals surface area contributed by atoms with Crippen molar-refractivity contribution >= 4 is 17.8 Å². The van der Waals surface area contributed by atoms with Crippen LogP contribution in [0.2, 0.25) is 0 Å². The predicted molar refractivity (Wildman–Crippen MR) is 73.2 cm³/mol. The summed E-state index contributed by atoms with van der Waals surface area (Å²) >= 11 is 0. The van der Waals surface area contributed by atoms with E-state index in [1.165, 1.54) is 0 Å². The number of benzene rings is 1. The quantitative estimate of drug-likeness (QED) is 0.642.